The van der Waals surface area contributed by atoms with Gasteiger partial charge in [-0.15, -0.1) is 0 Å². The molecule has 1 aliphatic heterocycles. The van der Waals surface area contributed by atoms with Crippen LogP contribution in [0, 0.1) is 5.92 Å². The van der Waals surface area contributed by atoms with Gasteiger partial charge >= 0.3 is 0 Å². The number of hydrogen-bond donors (Lipinski definition) is 1. The third-order valence-electron chi connectivity index (χ3n) is 2.78. The average molecular weight is 192 g/mol. The fourth-order valence-corrected chi connectivity index (χ4v) is 1.86. The average Bonchev–Trinajstić information content (AvgIpc) is 2.16. The first-order chi connectivity index (χ1) is 6.66. The molecule has 1 aromatic heterocycles. The van der Waals surface area contributed by atoms with Crippen molar-refractivity contribution in [2.24, 2.45) is 5.92 Å². The van der Waals surface area contributed by atoms with Crippen LogP contribution in [0.2, 0.25) is 0 Å². The van der Waals surface area contributed by atoms with Crippen molar-refractivity contribution in [1.29, 1.82) is 0 Å². The first-order valence-corrected chi connectivity index (χ1v) is 5.40. The molecule has 0 fully saturated rings. The molecule has 0 amide bonds. The summed E-state index contributed by atoms with van der Waals surface area (Å²) in [7, 11) is 0. The van der Waals surface area contributed by atoms with Crippen molar-refractivity contribution in [3.63, 3.8) is 0 Å². The van der Waals surface area contributed by atoms with Crippen LogP contribution in [0.4, 0.5) is 5.82 Å². The van der Waals surface area contributed by atoms with Crippen LogP contribution >= 0.6 is 0 Å². The minimum Gasteiger partial charge on any atom is -0.370 e. The molecule has 0 aliphatic carbocycles. The molecule has 14 heavy (non-hydrogen) atoms. The maximum Gasteiger partial charge on any atom is 0.129 e. The van der Waals surface area contributed by atoms with Crippen molar-refractivity contribution < 1.29 is 1.43 Å². The zero-order chi connectivity index (χ0) is 10.1. The molecule has 0 spiro atoms. The van der Waals surface area contributed by atoms with Gasteiger partial charge in [-0.1, -0.05) is 26.8 Å². The van der Waals surface area contributed by atoms with E-state index >= 15 is 0 Å². The number of rotatable bonds is 1. The number of nitrogens with one attached hydrogen (secondary N) is 1. The van der Waals surface area contributed by atoms with Crippen LogP contribution in [0.25, 0.3) is 0 Å². The van der Waals surface area contributed by atoms with E-state index in [1.165, 1.54) is 11.3 Å². The Morgan fingerprint density at radius 1 is 1.50 bits per heavy atom. The van der Waals surface area contributed by atoms with Crippen LogP contribution in [-0.4, -0.2) is 11.5 Å². The summed E-state index contributed by atoms with van der Waals surface area (Å²) in [5.41, 5.74) is 2.55. The SMILES string of the molecule is CC1CNc2nc(C(C)C)ccc2C1.[HH]. The second-order valence-electron chi connectivity index (χ2n) is 4.59. The van der Waals surface area contributed by atoms with E-state index in [2.05, 4.69) is 43.2 Å². The smallest absolute Gasteiger partial charge is 0.129 e. The second-order valence-corrected chi connectivity index (χ2v) is 4.59. The number of hydrogen-bond acceptors (Lipinski definition) is 2. The van der Waals surface area contributed by atoms with Crippen molar-refractivity contribution in [3.8, 4) is 0 Å². The lowest BCUT2D eigenvalue weighted by Gasteiger charge is -2.23. The summed E-state index contributed by atoms with van der Waals surface area (Å²) in [6.45, 7) is 7.69. The maximum atomic E-state index is 4.64. The Balaban J connectivity index is 0.00000112. The number of aromatic nitrogens is 1. The Labute approximate surface area is 87.2 Å². The van der Waals surface area contributed by atoms with Crippen molar-refractivity contribution in [1.82, 2.24) is 4.98 Å². The number of anilines is 1. The molecule has 78 valence electrons. The van der Waals surface area contributed by atoms with Crippen LogP contribution in [0.1, 0.15) is 39.4 Å². The minimum atomic E-state index is 0. The van der Waals surface area contributed by atoms with E-state index in [1.807, 2.05) is 0 Å². The molecule has 0 aromatic carbocycles. The fourth-order valence-electron chi connectivity index (χ4n) is 1.86. The van der Waals surface area contributed by atoms with Gasteiger partial charge in [-0.25, -0.2) is 4.98 Å². The van der Waals surface area contributed by atoms with Gasteiger partial charge < -0.3 is 5.32 Å². The van der Waals surface area contributed by atoms with Gasteiger partial charge in [-0.2, -0.15) is 0 Å². The highest BCUT2D eigenvalue weighted by molar-refractivity contribution is 5.47. The predicted octanol–water partition coefficient (Wildman–Crippen LogP) is 3.06. The topological polar surface area (TPSA) is 24.9 Å². The van der Waals surface area contributed by atoms with Gasteiger partial charge in [-0.3, -0.25) is 0 Å². The molecule has 2 heteroatoms. The molecule has 1 unspecified atom stereocenters. The standard InChI is InChI=1S/C12H18N2.H2/c1-8(2)11-5-4-10-6-9(3)7-13-12(10)14-11;/h4-5,8-9H,6-7H2,1-3H3,(H,13,14);1H. The highest BCUT2D eigenvalue weighted by Crippen LogP contribution is 2.24. The van der Waals surface area contributed by atoms with E-state index in [4.69, 9.17) is 0 Å². The van der Waals surface area contributed by atoms with Gasteiger partial charge in [0.05, 0.1) is 0 Å². The molecular weight excluding hydrogens is 172 g/mol. The van der Waals surface area contributed by atoms with Gasteiger partial charge in [0.15, 0.2) is 0 Å². The Morgan fingerprint density at radius 2 is 2.29 bits per heavy atom. The van der Waals surface area contributed by atoms with Crippen LogP contribution in [0.5, 0.6) is 0 Å². The number of pyridine rings is 1. The third kappa shape index (κ3) is 1.74. The molecule has 2 nitrogen and oxygen atoms in total. The Hall–Kier alpha value is -1.05. The Morgan fingerprint density at radius 3 is 3.00 bits per heavy atom. The summed E-state index contributed by atoms with van der Waals surface area (Å²) in [6, 6.07) is 4.38. The van der Waals surface area contributed by atoms with Crippen LogP contribution < -0.4 is 5.32 Å². The van der Waals surface area contributed by atoms with Crippen molar-refractivity contribution in [2.45, 2.75) is 33.1 Å². The Kier molecular flexibility index (Phi) is 2.44. The van der Waals surface area contributed by atoms with E-state index in [9.17, 15) is 0 Å². The highest BCUT2D eigenvalue weighted by atomic mass is 15.0. The molecule has 0 radical (unpaired) electrons. The zero-order valence-electron chi connectivity index (χ0n) is 9.17. The second kappa shape index (κ2) is 3.60. The number of fused-ring (bicyclic) bond motifs is 1. The van der Waals surface area contributed by atoms with E-state index in [0.29, 0.717) is 5.92 Å². The van der Waals surface area contributed by atoms with E-state index in [1.54, 1.807) is 0 Å². The largest absolute Gasteiger partial charge is 0.370 e. The fraction of sp³-hybridized carbons (Fsp3) is 0.583. The summed E-state index contributed by atoms with van der Waals surface area (Å²) in [4.78, 5) is 4.64. The number of nitrogens with zero attached hydrogens (tertiary/aromatic N) is 1. The highest BCUT2D eigenvalue weighted by Gasteiger charge is 2.16. The van der Waals surface area contributed by atoms with Gasteiger partial charge in [-0.05, 0) is 29.9 Å². The molecule has 1 N–H and O–H groups in total. The van der Waals surface area contributed by atoms with E-state index in [-0.39, 0.29) is 1.43 Å². The lowest BCUT2D eigenvalue weighted by Crippen LogP contribution is -2.22. The zero-order valence-corrected chi connectivity index (χ0v) is 9.17. The van der Waals surface area contributed by atoms with E-state index in [0.717, 1.165) is 24.7 Å². The summed E-state index contributed by atoms with van der Waals surface area (Å²) in [5, 5.41) is 3.40. The van der Waals surface area contributed by atoms with Crippen LogP contribution in [0.3, 0.4) is 0 Å². The van der Waals surface area contributed by atoms with Crippen molar-refractivity contribution in [2.75, 3.05) is 11.9 Å². The van der Waals surface area contributed by atoms with Gasteiger partial charge in [0.25, 0.3) is 0 Å². The van der Waals surface area contributed by atoms with Crippen molar-refractivity contribution >= 4 is 5.82 Å². The molecule has 1 aliphatic rings. The van der Waals surface area contributed by atoms with Crippen LogP contribution in [-0.2, 0) is 6.42 Å². The van der Waals surface area contributed by atoms with Crippen LogP contribution in [0.15, 0.2) is 12.1 Å². The quantitative estimate of drug-likeness (QED) is 0.739. The molecule has 2 rings (SSSR count). The van der Waals surface area contributed by atoms with Gasteiger partial charge in [0.2, 0.25) is 0 Å². The third-order valence-corrected chi connectivity index (χ3v) is 2.78. The first-order valence-electron chi connectivity index (χ1n) is 5.40. The minimum absolute atomic E-state index is 0. The summed E-state index contributed by atoms with van der Waals surface area (Å²) >= 11 is 0. The van der Waals surface area contributed by atoms with Gasteiger partial charge in [0, 0.05) is 13.7 Å². The Bertz CT molecular complexity index is 336. The summed E-state index contributed by atoms with van der Waals surface area (Å²) < 4.78 is 0. The van der Waals surface area contributed by atoms with E-state index < -0.39 is 0 Å². The summed E-state index contributed by atoms with van der Waals surface area (Å²) in [6.07, 6.45) is 1.16. The monoisotopic (exact) mass is 192 g/mol. The first kappa shape index (κ1) is 9.50. The molecule has 2 heterocycles. The lowest BCUT2D eigenvalue weighted by molar-refractivity contribution is 0.589. The molecular formula is C12H20N2. The van der Waals surface area contributed by atoms with Crippen molar-refractivity contribution in [3.05, 3.63) is 23.4 Å². The van der Waals surface area contributed by atoms with Gasteiger partial charge in [0.1, 0.15) is 5.82 Å². The molecule has 1 atom stereocenters. The molecule has 1 aromatic rings. The molecule has 0 bridgehead atoms. The maximum absolute atomic E-state index is 4.64. The summed E-state index contributed by atoms with van der Waals surface area (Å²) in [5.74, 6) is 2.35. The normalized spacial score (nSPS) is 20.4. The predicted molar refractivity (Wildman–Crippen MR) is 61.8 cm³/mol. The lowest BCUT2D eigenvalue weighted by atomic mass is 9.97. The molecule has 0 saturated heterocycles. The molecule has 0 saturated carbocycles.